The largest absolute Gasteiger partial charge is 0.387 e. The van der Waals surface area contributed by atoms with Crippen LogP contribution in [0.4, 0.5) is 8.78 Å². The molecule has 0 spiro atoms. The first-order valence-electron chi connectivity index (χ1n) is 7.05. The average Bonchev–Trinajstić information content (AvgIpc) is 2.48. The summed E-state index contributed by atoms with van der Waals surface area (Å²) in [4.78, 5) is 0. The van der Waals surface area contributed by atoms with Gasteiger partial charge in [-0.05, 0) is 37.6 Å². The van der Waals surface area contributed by atoms with Crippen molar-refractivity contribution in [1.29, 1.82) is 0 Å². The number of aliphatic hydroxyl groups excluding tert-OH is 1. The van der Waals surface area contributed by atoms with Gasteiger partial charge < -0.3 is 19.9 Å². The first-order chi connectivity index (χ1) is 10.1. The Kier molecular flexibility index (Phi) is 9.09. The van der Waals surface area contributed by atoms with Crippen molar-refractivity contribution in [2.24, 2.45) is 0 Å². The van der Waals surface area contributed by atoms with Crippen LogP contribution in [0.1, 0.15) is 24.5 Å². The van der Waals surface area contributed by atoms with E-state index in [1.807, 2.05) is 0 Å². The van der Waals surface area contributed by atoms with Crippen molar-refractivity contribution in [3.8, 4) is 0 Å². The van der Waals surface area contributed by atoms with Gasteiger partial charge in [0, 0.05) is 25.8 Å². The molecule has 0 bridgehead atoms. The Balaban J connectivity index is 2.11. The lowest BCUT2D eigenvalue weighted by atomic mass is 10.1. The lowest BCUT2D eigenvalue weighted by molar-refractivity contribution is 0.0687. The minimum atomic E-state index is -1.06. The summed E-state index contributed by atoms with van der Waals surface area (Å²) < 4.78 is 36.6. The summed E-state index contributed by atoms with van der Waals surface area (Å²) in [5.74, 6) is -1.16. The first kappa shape index (κ1) is 18.0. The molecule has 0 amide bonds. The second-order valence-corrected chi connectivity index (χ2v) is 4.70. The zero-order valence-electron chi connectivity index (χ0n) is 12.3. The van der Waals surface area contributed by atoms with Gasteiger partial charge in [0.05, 0.1) is 19.3 Å². The molecule has 0 aliphatic heterocycles. The number of benzene rings is 1. The van der Waals surface area contributed by atoms with Crippen LogP contribution in [0.15, 0.2) is 18.2 Å². The van der Waals surface area contributed by atoms with Crippen molar-refractivity contribution in [3.05, 3.63) is 35.4 Å². The van der Waals surface area contributed by atoms with Crippen molar-refractivity contribution in [2.75, 3.05) is 40.0 Å². The Bertz CT molecular complexity index is 405. The number of unbranched alkanes of at least 4 members (excludes halogenated alkanes) is 1. The van der Waals surface area contributed by atoms with E-state index in [2.05, 4.69) is 5.32 Å². The fourth-order valence-electron chi connectivity index (χ4n) is 1.82. The Morgan fingerprint density at radius 1 is 1.19 bits per heavy atom. The van der Waals surface area contributed by atoms with E-state index in [4.69, 9.17) is 9.47 Å². The van der Waals surface area contributed by atoms with Crippen LogP contribution < -0.4 is 5.32 Å². The third kappa shape index (κ3) is 7.47. The molecule has 0 saturated carbocycles. The van der Waals surface area contributed by atoms with E-state index >= 15 is 0 Å². The summed E-state index contributed by atoms with van der Waals surface area (Å²) in [5, 5.41) is 12.8. The molecule has 1 aromatic carbocycles. The molecule has 1 unspecified atom stereocenters. The number of aliphatic hydroxyl groups is 1. The van der Waals surface area contributed by atoms with Gasteiger partial charge in [-0.1, -0.05) is 0 Å². The molecule has 0 aromatic heterocycles. The van der Waals surface area contributed by atoms with Gasteiger partial charge in [0.25, 0.3) is 0 Å². The number of rotatable bonds is 11. The van der Waals surface area contributed by atoms with E-state index in [9.17, 15) is 13.9 Å². The van der Waals surface area contributed by atoms with Crippen LogP contribution in [0.25, 0.3) is 0 Å². The van der Waals surface area contributed by atoms with E-state index in [0.717, 1.165) is 31.0 Å². The smallest absolute Gasteiger partial charge is 0.129 e. The molecule has 6 heteroatoms. The number of ether oxygens (including phenoxy) is 2. The molecule has 0 aliphatic rings. The number of methoxy groups -OCH3 is 1. The molecule has 4 nitrogen and oxygen atoms in total. The topological polar surface area (TPSA) is 50.7 Å². The number of nitrogens with one attached hydrogen (secondary N) is 1. The van der Waals surface area contributed by atoms with Gasteiger partial charge in [0.2, 0.25) is 0 Å². The second kappa shape index (κ2) is 10.6. The Hall–Kier alpha value is -1.08. The third-order valence-corrected chi connectivity index (χ3v) is 2.98. The van der Waals surface area contributed by atoms with E-state index in [1.165, 1.54) is 0 Å². The van der Waals surface area contributed by atoms with E-state index in [0.29, 0.717) is 26.4 Å². The Morgan fingerprint density at radius 2 is 2.00 bits per heavy atom. The lowest BCUT2D eigenvalue weighted by Crippen LogP contribution is -2.23. The van der Waals surface area contributed by atoms with Crippen molar-refractivity contribution in [2.45, 2.75) is 18.9 Å². The van der Waals surface area contributed by atoms with Gasteiger partial charge in [-0.25, -0.2) is 8.78 Å². The SMILES string of the molecule is COCCOCCCCNCC(O)c1cc(F)ccc1F. The maximum absolute atomic E-state index is 13.4. The molecule has 21 heavy (non-hydrogen) atoms. The quantitative estimate of drug-likeness (QED) is 0.614. The molecule has 0 aliphatic carbocycles. The molecule has 0 heterocycles. The standard InChI is InChI=1S/C15H23F2NO3/c1-20-8-9-21-7-3-2-6-18-11-15(19)13-10-12(16)4-5-14(13)17/h4-5,10,15,18-19H,2-3,6-9,11H2,1H3. The van der Waals surface area contributed by atoms with Crippen LogP contribution in [0.5, 0.6) is 0 Å². The molecule has 1 rings (SSSR count). The molecule has 0 fully saturated rings. The maximum atomic E-state index is 13.4. The van der Waals surface area contributed by atoms with Crippen molar-refractivity contribution in [1.82, 2.24) is 5.32 Å². The van der Waals surface area contributed by atoms with Crippen molar-refractivity contribution >= 4 is 0 Å². The molecule has 0 radical (unpaired) electrons. The predicted octanol–water partition coefficient (Wildman–Crippen LogP) is 2.03. The molecule has 1 aromatic rings. The number of hydrogen-bond acceptors (Lipinski definition) is 4. The minimum Gasteiger partial charge on any atom is -0.387 e. The van der Waals surface area contributed by atoms with Gasteiger partial charge >= 0.3 is 0 Å². The average molecular weight is 303 g/mol. The highest BCUT2D eigenvalue weighted by Gasteiger charge is 2.13. The predicted molar refractivity (Wildman–Crippen MR) is 76.1 cm³/mol. The normalized spacial score (nSPS) is 12.6. The van der Waals surface area contributed by atoms with Crippen LogP contribution in [0.3, 0.4) is 0 Å². The van der Waals surface area contributed by atoms with Crippen LogP contribution in [-0.4, -0.2) is 45.1 Å². The lowest BCUT2D eigenvalue weighted by Gasteiger charge is -2.13. The summed E-state index contributed by atoms with van der Waals surface area (Å²) in [6, 6.07) is 3.07. The maximum Gasteiger partial charge on any atom is 0.129 e. The molecular formula is C15H23F2NO3. The molecule has 120 valence electrons. The van der Waals surface area contributed by atoms with Crippen LogP contribution >= 0.6 is 0 Å². The van der Waals surface area contributed by atoms with Crippen LogP contribution in [0, 0.1) is 11.6 Å². The zero-order chi connectivity index (χ0) is 15.5. The highest BCUT2D eigenvalue weighted by Crippen LogP contribution is 2.17. The fourth-order valence-corrected chi connectivity index (χ4v) is 1.82. The monoisotopic (exact) mass is 303 g/mol. The van der Waals surface area contributed by atoms with Gasteiger partial charge in [0.1, 0.15) is 11.6 Å². The fraction of sp³-hybridized carbons (Fsp3) is 0.600. The summed E-state index contributed by atoms with van der Waals surface area (Å²) in [6.45, 7) is 2.70. The Labute approximate surface area is 124 Å². The van der Waals surface area contributed by atoms with E-state index in [1.54, 1.807) is 7.11 Å². The highest BCUT2D eigenvalue weighted by molar-refractivity contribution is 5.21. The zero-order valence-corrected chi connectivity index (χ0v) is 12.3. The summed E-state index contributed by atoms with van der Waals surface area (Å²) in [5.41, 5.74) is -0.0228. The van der Waals surface area contributed by atoms with Crippen LogP contribution in [-0.2, 0) is 9.47 Å². The van der Waals surface area contributed by atoms with E-state index < -0.39 is 17.7 Å². The first-order valence-corrected chi connectivity index (χ1v) is 7.05. The van der Waals surface area contributed by atoms with Crippen molar-refractivity contribution < 1.29 is 23.4 Å². The van der Waals surface area contributed by atoms with Crippen LogP contribution in [0.2, 0.25) is 0 Å². The highest BCUT2D eigenvalue weighted by atomic mass is 19.1. The number of halogens is 2. The third-order valence-electron chi connectivity index (χ3n) is 2.98. The molecular weight excluding hydrogens is 280 g/mol. The molecule has 1 atom stereocenters. The number of hydrogen-bond donors (Lipinski definition) is 2. The van der Waals surface area contributed by atoms with Gasteiger partial charge in [-0.3, -0.25) is 0 Å². The van der Waals surface area contributed by atoms with Gasteiger partial charge in [0.15, 0.2) is 0 Å². The van der Waals surface area contributed by atoms with Gasteiger partial charge in [-0.15, -0.1) is 0 Å². The Morgan fingerprint density at radius 3 is 2.76 bits per heavy atom. The second-order valence-electron chi connectivity index (χ2n) is 4.70. The van der Waals surface area contributed by atoms with Gasteiger partial charge in [-0.2, -0.15) is 0 Å². The summed E-state index contributed by atoms with van der Waals surface area (Å²) in [7, 11) is 1.63. The van der Waals surface area contributed by atoms with E-state index in [-0.39, 0.29) is 12.1 Å². The van der Waals surface area contributed by atoms with Crippen molar-refractivity contribution in [3.63, 3.8) is 0 Å². The molecule has 0 saturated heterocycles. The summed E-state index contributed by atoms with van der Waals surface area (Å²) in [6.07, 6.45) is 0.714. The summed E-state index contributed by atoms with van der Waals surface area (Å²) >= 11 is 0. The molecule has 2 N–H and O–H groups in total. The minimum absolute atomic E-state index is 0.0228.